The Kier molecular flexibility index (Phi) is 6.33. The van der Waals surface area contributed by atoms with Gasteiger partial charge in [-0.3, -0.25) is 0 Å². The highest BCUT2D eigenvalue weighted by molar-refractivity contribution is 7.99. The van der Waals surface area contributed by atoms with Gasteiger partial charge in [0.25, 0.3) is 0 Å². The first-order chi connectivity index (χ1) is 10.3. The molecule has 1 aromatic heterocycles. The first-order valence-electron chi connectivity index (χ1n) is 7.74. The van der Waals surface area contributed by atoms with Gasteiger partial charge in [-0.05, 0) is 36.9 Å². The predicted molar refractivity (Wildman–Crippen MR) is 90.9 cm³/mol. The molecule has 1 unspecified atom stereocenters. The second kappa shape index (κ2) is 8.25. The summed E-state index contributed by atoms with van der Waals surface area (Å²) < 4.78 is 2.21. The largest absolute Gasteiger partial charge is 0.335 e. The number of thioether (sulfide) groups is 1. The monoisotopic (exact) mass is 303 g/mol. The molecule has 0 aliphatic carbocycles. The lowest BCUT2D eigenvalue weighted by Gasteiger charge is -2.19. The van der Waals surface area contributed by atoms with E-state index in [0.717, 1.165) is 31.1 Å². The highest BCUT2D eigenvalue weighted by Crippen LogP contribution is 2.23. The van der Waals surface area contributed by atoms with Crippen molar-refractivity contribution >= 4 is 11.8 Å². The highest BCUT2D eigenvalue weighted by atomic mass is 32.2. The van der Waals surface area contributed by atoms with E-state index in [1.807, 2.05) is 18.0 Å². The molecule has 0 spiro atoms. The first kappa shape index (κ1) is 16.1. The molecule has 1 atom stereocenters. The Balaban J connectivity index is 2.14. The maximum absolute atomic E-state index is 4.50. The fourth-order valence-electron chi connectivity index (χ4n) is 2.52. The van der Waals surface area contributed by atoms with E-state index in [2.05, 4.69) is 66.1 Å². The van der Waals surface area contributed by atoms with Gasteiger partial charge in [0, 0.05) is 36.3 Å². The van der Waals surface area contributed by atoms with Gasteiger partial charge in [0.2, 0.25) is 0 Å². The molecule has 0 aliphatic heterocycles. The van der Waals surface area contributed by atoms with Crippen LogP contribution in [0.1, 0.15) is 38.2 Å². The Morgan fingerprint density at radius 2 is 1.95 bits per heavy atom. The predicted octanol–water partition coefficient (Wildman–Crippen LogP) is 3.91. The Morgan fingerprint density at radius 1 is 1.19 bits per heavy atom. The maximum atomic E-state index is 4.50. The lowest BCUT2D eigenvalue weighted by molar-refractivity contribution is 0.522. The third-order valence-electron chi connectivity index (χ3n) is 3.57. The smallest absolute Gasteiger partial charge is 0.110 e. The van der Waals surface area contributed by atoms with Gasteiger partial charge >= 0.3 is 0 Å². The van der Waals surface area contributed by atoms with Crippen molar-refractivity contribution in [2.24, 2.45) is 0 Å². The number of rotatable bonds is 8. The van der Waals surface area contributed by atoms with E-state index in [1.165, 1.54) is 10.5 Å². The normalized spacial score (nSPS) is 12.5. The fraction of sp³-hybridized carbons (Fsp3) is 0.471. The lowest BCUT2D eigenvalue weighted by Crippen LogP contribution is -2.24. The highest BCUT2D eigenvalue weighted by Gasteiger charge is 2.14. The molecule has 3 nitrogen and oxygen atoms in total. The van der Waals surface area contributed by atoms with Gasteiger partial charge in [-0.2, -0.15) is 0 Å². The molecule has 1 heterocycles. The molecule has 0 bridgehead atoms. The van der Waals surface area contributed by atoms with Crippen LogP contribution in [0.2, 0.25) is 0 Å². The van der Waals surface area contributed by atoms with E-state index in [0.29, 0.717) is 6.04 Å². The van der Waals surface area contributed by atoms with Crippen LogP contribution in [0.5, 0.6) is 0 Å². The summed E-state index contributed by atoms with van der Waals surface area (Å²) in [4.78, 5) is 5.84. The van der Waals surface area contributed by atoms with Crippen molar-refractivity contribution in [2.75, 3.05) is 12.3 Å². The maximum Gasteiger partial charge on any atom is 0.110 e. The first-order valence-corrected chi connectivity index (χ1v) is 8.73. The molecule has 0 amide bonds. The Morgan fingerprint density at radius 3 is 2.57 bits per heavy atom. The Labute approximate surface area is 132 Å². The zero-order valence-corrected chi connectivity index (χ0v) is 14.0. The number of hydrogen-bond acceptors (Lipinski definition) is 3. The van der Waals surface area contributed by atoms with Crippen LogP contribution >= 0.6 is 11.8 Å². The minimum Gasteiger partial charge on any atom is -0.335 e. The number of nitrogens with zero attached hydrogens (tertiary/aromatic N) is 2. The van der Waals surface area contributed by atoms with Crippen molar-refractivity contribution in [3.63, 3.8) is 0 Å². The molecule has 0 saturated carbocycles. The van der Waals surface area contributed by atoms with Crippen LogP contribution in [-0.4, -0.2) is 21.8 Å². The number of benzene rings is 1. The molecular formula is C17H25N3S. The van der Waals surface area contributed by atoms with Gasteiger partial charge in [0.05, 0.1) is 0 Å². The number of hydrogen-bond donors (Lipinski definition) is 1. The number of nitrogens with one attached hydrogen (secondary N) is 1. The summed E-state index contributed by atoms with van der Waals surface area (Å²) in [6, 6.07) is 9.25. The molecule has 0 saturated heterocycles. The number of aryl methyl sites for hydroxylation is 1. The summed E-state index contributed by atoms with van der Waals surface area (Å²) in [7, 11) is 0. The summed E-state index contributed by atoms with van der Waals surface area (Å²) in [5.74, 6) is 2.26. The number of likely N-dealkylation sites (N-methyl/N-ethyl adjacent to an activating group) is 1. The minimum absolute atomic E-state index is 0.323. The number of imidazole rings is 1. The second-order valence-corrected chi connectivity index (χ2v) is 6.28. The van der Waals surface area contributed by atoms with Crippen molar-refractivity contribution < 1.29 is 0 Å². The van der Waals surface area contributed by atoms with Crippen molar-refractivity contribution in [1.29, 1.82) is 0 Å². The molecule has 2 rings (SSSR count). The summed E-state index contributed by atoms with van der Waals surface area (Å²) in [6.07, 6.45) is 4.87. The zero-order valence-electron chi connectivity index (χ0n) is 13.2. The third-order valence-corrected chi connectivity index (χ3v) is 4.47. The average molecular weight is 303 g/mol. The van der Waals surface area contributed by atoms with Crippen LogP contribution in [0.3, 0.4) is 0 Å². The zero-order chi connectivity index (χ0) is 15.1. The molecule has 1 N–H and O–H groups in total. The minimum atomic E-state index is 0.323. The second-order valence-electron chi connectivity index (χ2n) is 4.95. The van der Waals surface area contributed by atoms with Gasteiger partial charge < -0.3 is 9.88 Å². The lowest BCUT2D eigenvalue weighted by atomic mass is 10.0. The quantitative estimate of drug-likeness (QED) is 0.750. The molecule has 2 aromatic rings. The molecule has 21 heavy (non-hydrogen) atoms. The van der Waals surface area contributed by atoms with Crippen LogP contribution in [0.15, 0.2) is 41.6 Å². The standard InChI is InChI=1S/C17H25N3S/c1-4-18-16(13-17-19-11-12-20(17)5-2)14-7-9-15(10-8-14)21-6-3/h7-12,16,18H,4-6,13H2,1-3H3. The van der Waals surface area contributed by atoms with Crippen LogP contribution in [0.4, 0.5) is 0 Å². The van der Waals surface area contributed by atoms with E-state index in [9.17, 15) is 0 Å². The van der Waals surface area contributed by atoms with Gasteiger partial charge in [-0.15, -0.1) is 11.8 Å². The molecule has 4 heteroatoms. The Hall–Kier alpha value is -1.26. The van der Waals surface area contributed by atoms with Gasteiger partial charge in [0.15, 0.2) is 0 Å². The van der Waals surface area contributed by atoms with Crippen LogP contribution in [0.25, 0.3) is 0 Å². The van der Waals surface area contributed by atoms with Crippen LogP contribution in [-0.2, 0) is 13.0 Å². The third kappa shape index (κ3) is 4.35. The summed E-state index contributed by atoms with van der Waals surface area (Å²) >= 11 is 1.88. The van der Waals surface area contributed by atoms with Gasteiger partial charge in [0.1, 0.15) is 5.82 Å². The van der Waals surface area contributed by atoms with Crippen molar-refractivity contribution in [3.8, 4) is 0 Å². The van der Waals surface area contributed by atoms with Crippen molar-refractivity contribution in [1.82, 2.24) is 14.9 Å². The molecule has 0 aliphatic rings. The van der Waals surface area contributed by atoms with E-state index < -0.39 is 0 Å². The molecule has 0 radical (unpaired) electrons. The average Bonchev–Trinajstić information content (AvgIpc) is 2.95. The SMILES string of the molecule is CCNC(Cc1nccn1CC)c1ccc(SCC)cc1. The summed E-state index contributed by atoms with van der Waals surface area (Å²) in [6.45, 7) is 8.43. The van der Waals surface area contributed by atoms with E-state index in [-0.39, 0.29) is 0 Å². The van der Waals surface area contributed by atoms with Crippen LogP contribution in [0, 0.1) is 0 Å². The van der Waals surface area contributed by atoms with Gasteiger partial charge in [-0.25, -0.2) is 4.98 Å². The molecule has 114 valence electrons. The van der Waals surface area contributed by atoms with Crippen molar-refractivity contribution in [3.05, 3.63) is 48.0 Å². The Bertz CT molecular complexity index is 533. The van der Waals surface area contributed by atoms with E-state index in [1.54, 1.807) is 0 Å². The number of aromatic nitrogens is 2. The van der Waals surface area contributed by atoms with E-state index in [4.69, 9.17) is 0 Å². The summed E-state index contributed by atoms with van der Waals surface area (Å²) in [5.41, 5.74) is 1.34. The molecular weight excluding hydrogens is 278 g/mol. The molecule has 0 fully saturated rings. The fourth-order valence-corrected chi connectivity index (χ4v) is 3.18. The van der Waals surface area contributed by atoms with Gasteiger partial charge in [-0.1, -0.05) is 26.0 Å². The van der Waals surface area contributed by atoms with Crippen LogP contribution < -0.4 is 5.32 Å². The van der Waals surface area contributed by atoms with E-state index >= 15 is 0 Å². The molecule has 1 aromatic carbocycles. The summed E-state index contributed by atoms with van der Waals surface area (Å²) in [5, 5.41) is 3.58. The van der Waals surface area contributed by atoms with Crippen molar-refractivity contribution in [2.45, 2.75) is 44.7 Å². The topological polar surface area (TPSA) is 29.9 Å².